The van der Waals surface area contributed by atoms with Crippen molar-refractivity contribution in [3.05, 3.63) is 99.0 Å². The highest BCUT2D eigenvalue weighted by Crippen LogP contribution is 2.40. The molecular formula is C33H35ClFN5O3S. The second kappa shape index (κ2) is 13.7. The molecule has 0 fully saturated rings. The highest BCUT2D eigenvalue weighted by molar-refractivity contribution is 7.99. The van der Waals surface area contributed by atoms with Gasteiger partial charge in [0.25, 0.3) is 5.91 Å². The van der Waals surface area contributed by atoms with E-state index in [1.807, 2.05) is 51.1 Å². The van der Waals surface area contributed by atoms with Crippen LogP contribution in [-0.4, -0.2) is 33.5 Å². The van der Waals surface area contributed by atoms with E-state index in [1.54, 1.807) is 34.6 Å². The molecule has 1 aliphatic heterocycles. The Morgan fingerprint density at radius 3 is 2.68 bits per heavy atom. The Balaban J connectivity index is 1.52. The summed E-state index contributed by atoms with van der Waals surface area (Å²) >= 11 is 7.79. The van der Waals surface area contributed by atoms with Gasteiger partial charge in [0.1, 0.15) is 18.5 Å². The number of hydrogen-bond donors (Lipinski definition) is 2. The van der Waals surface area contributed by atoms with Crippen molar-refractivity contribution in [3.63, 3.8) is 0 Å². The van der Waals surface area contributed by atoms with Gasteiger partial charge in [-0.05, 0) is 74.2 Å². The van der Waals surface area contributed by atoms with E-state index in [-0.39, 0.29) is 23.1 Å². The number of aromatic nitrogens is 3. The fraction of sp³-hybridized carbons (Fsp3) is 0.303. The van der Waals surface area contributed by atoms with Crippen molar-refractivity contribution in [1.29, 1.82) is 0 Å². The summed E-state index contributed by atoms with van der Waals surface area (Å²) < 4.78 is 27.8. The van der Waals surface area contributed by atoms with Gasteiger partial charge in [-0.2, -0.15) is 4.98 Å². The third kappa shape index (κ3) is 6.56. The maximum atomic E-state index is 14.4. The molecule has 8 nitrogen and oxygen atoms in total. The quantitative estimate of drug-likeness (QED) is 0.127. The van der Waals surface area contributed by atoms with Gasteiger partial charge < -0.3 is 20.1 Å². The number of rotatable bonds is 11. The van der Waals surface area contributed by atoms with Gasteiger partial charge in [0, 0.05) is 22.7 Å². The van der Waals surface area contributed by atoms with E-state index in [2.05, 4.69) is 17.6 Å². The molecule has 0 saturated heterocycles. The number of amides is 1. The summed E-state index contributed by atoms with van der Waals surface area (Å²) in [5.74, 6) is 1.55. The number of methoxy groups -OCH3 is 1. The highest BCUT2D eigenvalue weighted by Gasteiger charge is 2.35. The van der Waals surface area contributed by atoms with Crippen LogP contribution in [0.2, 0.25) is 5.02 Å². The number of anilines is 2. The Morgan fingerprint density at radius 2 is 1.93 bits per heavy atom. The smallest absolute Gasteiger partial charge is 0.255 e. The molecular weight excluding hydrogens is 601 g/mol. The van der Waals surface area contributed by atoms with Crippen molar-refractivity contribution in [2.24, 2.45) is 0 Å². The Bertz CT molecular complexity index is 1700. The molecule has 0 aliphatic carbocycles. The number of nitrogens with one attached hydrogen (secondary N) is 2. The summed E-state index contributed by atoms with van der Waals surface area (Å²) in [4.78, 5) is 18.7. The number of carbonyl (C=O) groups excluding carboxylic acids is 1. The number of unbranched alkanes of at least 4 members (excludes halogenated alkanes) is 1. The van der Waals surface area contributed by atoms with E-state index >= 15 is 0 Å². The first-order chi connectivity index (χ1) is 21.2. The minimum absolute atomic E-state index is 0.0807. The van der Waals surface area contributed by atoms with Crippen molar-refractivity contribution >= 4 is 40.9 Å². The number of nitrogens with zero attached hydrogens (tertiary/aromatic N) is 3. The minimum atomic E-state index is -0.617. The number of benzene rings is 3. The summed E-state index contributed by atoms with van der Waals surface area (Å²) in [6.07, 6.45) is 2.12. The van der Waals surface area contributed by atoms with E-state index in [1.165, 1.54) is 13.2 Å². The molecule has 5 rings (SSSR count). The van der Waals surface area contributed by atoms with Gasteiger partial charge in [-0.15, -0.1) is 5.10 Å². The molecule has 2 heterocycles. The molecule has 0 radical (unpaired) electrons. The highest BCUT2D eigenvalue weighted by atomic mass is 35.5. The van der Waals surface area contributed by atoms with Crippen molar-refractivity contribution in [2.45, 2.75) is 58.3 Å². The van der Waals surface area contributed by atoms with Gasteiger partial charge in [0.2, 0.25) is 11.1 Å². The van der Waals surface area contributed by atoms with E-state index in [9.17, 15) is 9.18 Å². The number of allylic oxidation sites excluding steroid dienone is 1. The molecule has 11 heteroatoms. The van der Waals surface area contributed by atoms with Gasteiger partial charge in [0.05, 0.1) is 17.7 Å². The Morgan fingerprint density at radius 1 is 1.14 bits per heavy atom. The average molecular weight is 636 g/mol. The minimum Gasteiger partial charge on any atom is -0.493 e. The molecule has 2 N–H and O–H groups in total. The van der Waals surface area contributed by atoms with Crippen LogP contribution in [0.15, 0.2) is 71.0 Å². The maximum Gasteiger partial charge on any atom is 0.255 e. The monoisotopic (exact) mass is 635 g/mol. The molecule has 0 saturated carbocycles. The molecule has 1 aliphatic rings. The number of fused-ring (bicyclic) bond motifs is 1. The molecule has 4 aromatic rings. The lowest BCUT2D eigenvalue weighted by Crippen LogP contribution is -2.31. The van der Waals surface area contributed by atoms with Crippen LogP contribution in [0.3, 0.4) is 0 Å². The predicted octanol–water partition coefficient (Wildman–Crippen LogP) is 8.09. The van der Waals surface area contributed by atoms with Crippen molar-refractivity contribution in [1.82, 2.24) is 14.8 Å². The number of ether oxygens (including phenoxy) is 2. The number of thioether (sulfide) groups is 1. The third-order valence-electron chi connectivity index (χ3n) is 7.60. The lowest BCUT2D eigenvalue weighted by molar-refractivity contribution is -0.113. The zero-order valence-electron chi connectivity index (χ0n) is 25.3. The summed E-state index contributed by atoms with van der Waals surface area (Å²) in [6.45, 7) is 7.91. The lowest BCUT2D eigenvalue weighted by Gasteiger charge is -2.29. The van der Waals surface area contributed by atoms with Gasteiger partial charge in [0.15, 0.2) is 11.5 Å². The first-order valence-electron chi connectivity index (χ1n) is 14.4. The summed E-state index contributed by atoms with van der Waals surface area (Å²) in [7, 11) is 1.53. The number of hydrogen-bond acceptors (Lipinski definition) is 7. The van der Waals surface area contributed by atoms with Crippen LogP contribution in [0.4, 0.5) is 16.0 Å². The van der Waals surface area contributed by atoms with Crippen LogP contribution >= 0.6 is 23.4 Å². The number of carbonyl (C=O) groups is 1. The van der Waals surface area contributed by atoms with Gasteiger partial charge in [-0.25, -0.2) is 9.07 Å². The second-order valence-corrected chi connectivity index (χ2v) is 12.0. The summed E-state index contributed by atoms with van der Waals surface area (Å²) in [5.41, 5.74) is 4.95. The Labute approximate surface area is 266 Å². The molecule has 1 atom stereocenters. The SMILES string of the molecule is CCCCSc1nc2n(n1)C(c1ccc(OCc3c(F)cccc3Cl)c(OC)c1)C(C(=O)Nc1cccc(C)c1C)=C(C)N2. The first kappa shape index (κ1) is 31.4. The fourth-order valence-electron chi connectivity index (χ4n) is 4.97. The third-order valence-corrected chi connectivity index (χ3v) is 8.87. The van der Waals surface area contributed by atoms with Crippen LogP contribution in [0.1, 0.15) is 55.0 Å². The predicted molar refractivity (Wildman–Crippen MR) is 173 cm³/mol. The maximum absolute atomic E-state index is 14.4. The van der Waals surface area contributed by atoms with E-state index in [0.29, 0.717) is 33.9 Å². The lowest BCUT2D eigenvalue weighted by atomic mass is 9.94. The van der Waals surface area contributed by atoms with Gasteiger partial charge >= 0.3 is 0 Å². The fourth-order valence-corrected chi connectivity index (χ4v) is 6.10. The molecule has 44 heavy (non-hydrogen) atoms. The van der Waals surface area contributed by atoms with Crippen LogP contribution in [-0.2, 0) is 11.4 Å². The summed E-state index contributed by atoms with van der Waals surface area (Å²) in [5, 5.41) is 12.1. The molecule has 0 bridgehead atoms. The average Bonchev–Trinajstić information content (AvgIpc) is 3.40. The van der Waals surface area contributed by atoms with Crippen LogP contribution in [0.5, 0.6) is 11.5 Å². The van der Waals surface area contributed by atoms with Gasteiger partial charge in [-0.3, -0.25) is 4.79 Å². The number of aryl methyl sites for hydroxylation is 1. The number of halogens is 2. The van der Waals surface area contributed by atoms with Crippen molar-refractivity contribution < 1.29 is 18.7 Å². The van der Waals surface area contributed by atoms with Crippen molar-refractivity contribution in [2.75, 3.05) is 23.5 Å². The molecule has 1 aromatic heterocycles. The zero-order valence-corrected chi connectivity index (χ0v) is 26.9. The zero-order chi connectivity index (χ0) is 31.4. The first-order valence-corrected chi connectivity index (χ1v) is 15.8. The Hall–Kier alpha value is -4.02. The largest absolute Gasteiger partial charge is 0.493 e. The molecule has 230 valence electrons. The van der Waals surface area contributed by atoms with Crippen LogP contribution < -0.4 is 20.1 Å². The molecule has 3 aromatic carbocycles. The van der Waals surface area contributed by atoms with E-state index < -0.39 is 11.9 Å². The van der Waals surface area contributed by atoms with E-state index in [0.717, 1.165) is 41.0 Å². The van der Waals surface area contributed by atoms with Crippen LogP contribution in [0.25, 0.3) is 0 Å². The topological polar surface area (TPSA) is 90.3 Å². The van der Waals surface area contributed by atoms with Gasteiger partial charge in [-0.1, -0.05) is 61.0 Å². The molecule has 1 unspecified atom stereocenters. The van der Waals surface area contributed by atoms with Crippen molar-refractivity contribution in [3.8, 4) is 11.5 Å². The Kier molecular flexibility index (Phi) is 9.80. The summed E-state index contributed by atoms with van der Waals surface area (Å²) in [6, 6.07) is 15.1. The van der Waals surface area contributed by atoms with E-state index in [4.69, 9.17) is 31.2 Å². The standard InChI is InChI=1S/C33H35ClFN5O3S/c1-6-7-16-44-33-38-32-36-21(4)29(31(41)37-26-13-8-10-19(2)20(26)3)30(40(32)39-33)22-14-15-27(28(17-22)42-5)43-18-23-24(34)11-9-12-25(23)35/h8-15,17,30H,6-7,16,18H2,1-5H3,(H,37,41)(H,36,38,39). The van der Waals surface area contributed by atoms with Crippen LogP contribution in [0, 0.1) is 19.7 Å². The molecule has 1 amide bonds. The normalized spacial score (nSPS) is 14.2. The molecule has 0 spiro atoms. The second-order valence-electron chi connectivity index (χ2n) is 10.5.